The highest BCUT2D eigenvalue weighted by Crippen LogP contribution is 2.12. The Morgan fingerprint density at radius 3 is 2.18 bits per heavy atom. The number of rotatable bonds is 2. The third kappa shape index (κ3) is 3.96. The number of nitrogens with two attached hydrogens (primary N) is 1. The lowest BCUT2D eigenvalue weighted by molar-refractivity contribution is -0.132. The minimum absolute atomic E-state index is 0.322. The summed E-state index contributed by atoms with van der Waals surface area (Å²) in [5.74, 6) is 0.322. The summed E-state index contributed by atoms with van der Waals surface area (Å²) >= 11 is 0. The number of piperidine rings is 1. The number of nitrogens with zero attached hydrogens (tertiary/aromatic N) is 2. The molecule has 0 aromatic heterocycles. The van der Waals surface area contributed by atoms with Crippen molar-refractivity contribution in [2.75, 3.05) is 32.7 Å². The fourth-order valence-electron chi connectivity index (χ4n) is 2.72. The third-order valence-corrected chi connectivity index (χ3v) is 3.95. The molecule has 2 fully saturated rings. The summed E-state index contributed by atoms with van der Waals surface area (Å²) in [6.07, 6.45) is 6.98. The Balaban J connectivity index is 1.75. The van der Waals surface area contributed by atoms with Gasteiger partial charge in [0.1, 0.15) is 0 Å². The highest BCUT2D eigenvalue weighted by Gasteiger charge is 2.21. The van der Waals surface area contributed by atoms with E-state index in [1.54, 1.807) is 0 Å². The molecule has 2 heterocycles. The van der Waals surface area contributed by atoms with Crippen LogP contribution in [-0.2, 0) is 4.79 Å². The van der Waals surface area contributed by atoms with Gasteiger partial charge in [0, 0.05) is 32.2 Å². The van der Waals surface area contributed by atoms with Crippen molar-refractivity contribution < 1.29 is 4.79 Å². The van der Waals surface area contributed by atoms with Crippen molar-refractivity contribution in [1.82, 2.24) is 9.80 Å². The predicted molar refractivity (Wildman–Crippen MR) is 68.7 cm³/mol. The predicted octanol–water partition coefficient (Wildman–Crippen LogP) is 0.812. The molecule has 2 aliphatic rings. The van der Waals surface area contributed by atoms with Crippen LogP contribution < -0.4 is 5.73 Å². The molecule has 2 rings (SSSR count). The molecule has 4 nitrogen and oxygen atoms in total. The lowest BCUT2D eigenvalue weighted by Crippen LogP contribution is -2.46. The molecule has 0 aromatic carbocycles. The first-order valence-corrected chi connectivity index (χ1v) is 7.01. The van der Waals surface area contributed by atoms with Crippen LogP contribution in [0.4, 0.5) is 0 Å². The molecule has 2 saturated heterocycles. The van der Waals surface area contributed by atoms with Crippen LogP contribution in [0.1, 0.15) is 38.5 Å². The third-order valence-electron chi connectivity index (χ3n) is 3.95. The van der Waals surface area contributed by atoms with Crippen molar-refractivity contribution >= 4 is 5.91 Å². The maximum atomic E-state index is 12.2. The van der Waals surface area contributed by atoms with Crippen LogP contribution in [0.15, 0.2) is 0 Å². The van der Waals surface area contributed by atoms with Gasteiger partial charge in [-0.05, 0) is 25.7 Å². The van der Waals surface area contributed by atoms with E-state index in [-0.39, 0.29) is 0 Å². The highest BCUT2D eigenvalue weighted by molar-refractivity contribution is 5.78. The first-order chi connectivity index (χ1) is 8.25. The number of hydrogen-bond donors (Lipinski definition) is 1. The molecule has 2 N–H and O–H groups in total. The summed E-state index contributed by atoms with van der Waals surface area (Å²) in [6, 6.07) is 0.347. The van der Waals surface area contributed by atoms with Gasteiger partial charge in [0.2, 0.25) is 5.91 Å². The maximum absolute atomic E-state index is 12.2. The van der Waals surface area contributed by atoms with Crippen LogP contribution in [0, 0.1) is 0 Å². The fourth-order valence-corrected chi connectivity index (χ4v) is 2.72. The quantitative estimate of drug-likeness (QED) is 0.776. The van der Waals surface area contributed by atoms with Gasteiger partial charge < -0.3 is 10.6 Å². The molecule has 1 amide bonds. The summed E-state index contributed by atoms with van der Waals surface area (Å²) in [6.45, 7) is 4.51. The van der Waals surface area contributed by atoms with Gasteiger partial charge in [0.25, 0.3) is 0 Å². The molecule has 4 heteroatoms. The van der Waals surface area contributed by atoms with Crippen LogP contribution in [0.5, 0.6) is 0 Å². The standard InChI is InChI=1S/C13H25N3O/c14-12-5-9-15(10-6-12)11-13(17)16-7-3-1-2-4-8-16/h12H,1-11,14H2. The first-order valence-electron chi connectivity index (χ1n) is 7.01. The van der Waals surface area contributed by atoms with Crippen LogP contribution in [-0.4, -0.2) is 54.5 Å². The van der Waals surface area contributed by atoms with Crippen LogP contribution >= 0.6 is 0 Å². The summed E-state index contributed by atoms with van der Waals surface area (Å²) in [5.41, 5.74) is 5.87. The Morgan fingerprint density at radius 1 is 1.00 bits per heavy atom. The molecular weight excluding hydrogens is 214 g/mol. The van der Waals surface area contributed by atoms with Gasteiger partial charge in [0.05, 0.1) is 6.54 Å². The molecule has 0 radical (unpaired) electrons. The zero-order valence-corrected chi connectivity index (χ0v) is 10.7. The Bertz CT molecular complexity index is 241. The minimum atomic E-state index is 0.322. The molecule has 0 spiro atoms. The van der Waals surface area contributed by atoms with Gasteiger partial charge in [-0.15, -0.1) is 0 Å². The monoisotopic (exact) mass is 239 g/mol. The van der Waals surface area contributed by atoms with Gasteiger partial charge in [-0.2, -0.15) is 0 Å². The van der Waals surface area contributed by atoms with E-state index in [4.69, 9.17) is 5.73 Å². The Kier molecular flexibility index (Phi) is 4.80. The summed E-state index contributed by atoms with van der Waals surface area (Å²) in [4.78, 5) is 16.5. The van der Waals surface area contributed by atoms with E-state index in [0.29, 0.717) is 18.5 Å². The zero-order valence-electron chi connectivity index (χ0n) is 10.7. The van der Waals surface area contributed by atoms with E-state index in [2.05, 4.69) is 9.80 Å². The van der Waals surface area contributed by atoms with Crippen molar-refractivity contribution in [3.05, 3.63) is 0 Å². The zero-order chi connectivity index (χ0) is 12.1. The van der Waals surface area contributed by atoms with Crippen molar-refractivity contribution in [3.8, 4) is 0 Å². The van der Waals surface area contributed by atoms with E-state index >= 15 is 0 Å². The molecule has 0 bridgehead atoms. The fraction of sp³-hybridized carbons (Fsp3) is 0.923. The maximum Gasteiger partial charge on any atom is 0.236 e. The van der Waals surface area contributed by atoms with Gasteiger partial charge in [0.15, 0.2) is 0 Å². The van der Waals surface area contributed by atoms with Crippen molar-refractivity contribution in [2.24, 2.45) is 5.73 Å². The van der Waals surface area contributed by atoms with Gasteiger partial charge in [-0.3, -0.25) is 9.69 Å². The molecular formula is C13H25N3O. The summed E-state index contributed by atoms with van der Waals surface area (Å²) in [7, 11) is 0. The molecule has 0 saturated carbocycles. The summed E-state index contributed by atoms with van der Waals surface area (Å²) < 4.78 is 0. The lowest BCUT2D eigenvalue weighted by atomic mass is 10.1. The normalized spacial score (nSPS) is 24.6. The second-order valence-corrected chi connectivity index (χ2v) is 5.41. The summed E-state index contributed by atoms with van der Waals surface area (Å²) in [5, 5.41) is 0. The molecule has 0 atom stereocenters. The number of hydrogen-bond acceptors (Lipinski definition) is 3. The molecule has 0 aliphatic carbocycles. The van der Waals surface area contributed by atoms with E-state index in [1.807, 2.05) is 0 Å². The largest absolute Gasteiger partial charge is 0.342 e. The second kappa shape index (κ2) is 6.36. The molecule has 0 aromatic rings. The Morgan fingerprint density at radius 2 is 1.59 bits per heavy atom. The van der Waals surface area contributed by atoms with Crippen LogP contribution in [0.2, 0.25) is 0 Å². The van der Waals surface area contributed by atoms with Crippen molar-refractivity contribution in [3.63, 3.8) is 0 Å². The van der Waals surface area contributed by atoms with E-state index < -0.39 is 0 Å². The van der Waals surface area contributed by atoms with Gasteiger partial charge in [-0.25, -0.2) is 0 Å². The lowest BCUT2D eigenvalue weighted by Gasteiger charge is -2.31. The Hall–Kier alpha value is -0.610. The Labute approximate surface area is 104 Å². The number of likely N-dealkylation sites (tertiary alicyclic amines) is 2. The molecule has 0 unspecified atom stereocenters. The topological polar surface area (TPSA) is 49.6 Å². The van der Waals surface area contributed by atoms with Crippen molar-refractivity contribution in [2.45, 2.75) is 44.6 Å². The number of carbonyl (C=O) groups excluding carboxylic acids is 1. The van der Waals surface area contributed by atoms with Crippen LogP contribution in [0.25, 0.3) is 0 Å². The van der Waals surface area contributed by atoms with Crippen molar-refractivity contribution in [1.29, 1.82) is 0 Å². The second-order valence-electron chi connectivity index (χ2n) is 5.41. The number of carbonyl (C=O) groups is 1. The first kappa shape index (κ1) is 12.8. The SMILES string of the molecule is NC1CCN(CC(=O)N2CCCCCC2)CC1. The minimum Gasteiger partial charge on any atom is -0.342 e. The highest BCUT2D eigenvalue weighted by atomic mass is 16.2. The van der Waals surface area contributed by atoms with Gasteiger partial charge in [-0.1, -0.05) is 12.8 Å². The smallest absolute Gasteiger partial charge is 0.236 e. The molecule has 2 aliphatic heterocycles. The van der Waals surface area contributed by atoms with Gasteiger partial charge >= 0.3 is 0 Å². The van der Waals surface area contributed by atoms with E-state index in [0.717, 1.165) is 39.0 Å². The number of amides is 1. The molecule has 17 heavy (non-hydrogen) atoms. The average Bonchev–Trinajstić information content (AvgIpc) is 2.61. The van der Waals surface area contributed by atoms with E-state index in [9.17, 15) is 4.79 Å². The van der Waals surface area contributed by atoms with E-state index in [1.165, 1.54) is 25.7 Å². The molecule has 98 valence electrons. The van der Waals surface area contributed by atoms with Crippen LogP contribution in [0.3, 0.4) is 0 Å². The average molecular weight is 239 g/mol.